The van der Waals surface area contributed by atoms with Gasteiger partial charge in [0.15, 0.2) is 0 Å². The zero-order valence-corrected chi connectivity index (χ0v) is 9.81. The van der Waals surface area contributed by atoms with Gasteiger partial charge in [0.1, 0.15) is 5.44 Å². The normalized spacial score (nSPS) is 12.2. The van der Waals surface area contributed by atoms with Crippen LogP contribution in [0.25, 0.3) is 0 Å². The van der Waals surface area contributed by atoms with E-state index in [9.17, 15) is 4.57 Å². The predicted molar refractivity (Wildman–Crippen MR) is 56.0 cm³/mol. The van der Waals surface area contributed by atoms with E-state index >= 15 is 0 Å². The Kier molecular flexibility index (Phi) is 7.65. The molecular weight excluding hydrogens is 213 g/mol. The van der Waals surface area contributed by atoms with Crippen LogP contribution < -0.4 is 0 Å². The molecule has 0 unspecified atom stereocenters. The van der Waals surface area contributed by atoms with Gasteiger partial charge in [-0.2, -0.15) is 0 Å². The number of hydrogen-bond donors (Lipinski definition) is 2. The summed E-state index contributed by atoms with van der Waals surface area (Å²) in [5.41, 5.74) is 0.118. The second-order valence-electron chi connectivity index (χ2n) is 2.36. The molecule has 0 aliphatic heterocycles. The standard InChI is InChI=1S/C7H16NO3P.ClH/c1-4-7(12(9,10)11)8(5-2)6-3;/h4H,5-6H2,1-3H3,(H2,9,10,11);1H/b7-4-;. The topological polar surface area (TPSA) is 60.8 Å². The molecule has 13 heavy (non-hydrogen) atoms. The monoisotopic (exact) mass is 229 g/mol. The molecule has 4 nitrogen and oxygen atoms in total. The van der Waals surface area contributed by atoms with Gasteiger partial charge in [0.2, 0.25) is 0 Å². The molecule has 0 heterocycles. The number of halogens is 1. The van der Waals surface area contributed by atoms with E-state index in [2.05, 4.69) is 0 Å². The second-order valence-corrected chi connectivity index (χ2v) is 3.91. The first-order valence-corrected chi connectivity index (χ1v) is 5.55. The van der Waals surface area contributed by atoms with E-state index < -0.39 is 7.60 Å². The molecule has 0 rings (SSSR count). The Morgan fingerprint density at radius 2 is 1.77 bits per heavy atom. The van der Waals surface area contributed by atoms with Crippen LogP contribution in [0.1, 0.15) is 20.8 Å². The van der Waals surface area contributed by atoms with Gasteiger partial charge in [0, 0.05) is 13.1 Å². The summed E-state index contributed by atoms with van der Waals surface area (Å²) in [4.78, 5) is 19.5. The number of rotatable bonds is 4. The van der Waals surface area contributed by atoms with Crippen LogP contribution in [0.2, 0.25) is 0 Å². The Morgan fingerprint density at radius 1 is 1.38 bits per heavy atom. The van der Waals surface area contributed by atoms with Crippen LogP contribution in [-0.2, 0) is 4.57 Å². The van der Waals surface area contributed by atoms with Gasteiger partial charge >= 0.3 is 7.60 Å². The van der Waals surface area contributed by atoms with Crippen molar-refractivity contribution in [3.05, 3.63) is 11.5 Å². The van der Waals surface area contributed by atoms with Gasteiger partial charge in [0.25, 0.3) is 0 Å². The summed E-state index contributed by atoms with van der Waals surface area (Å²) >= 11 is 0. The fourth-order valence-corrected chi connectivity index (χ4v) is 2.07. The number of hydrogen-bond acceptors (Lipinski definition) is 2. The van der Waals surface area contributed by atoms with Gasteiger partial charge < -0.3 is 14.7 Å². The molecule has 0 saturated heterocycles. The zero-order valence-electron chi connectivity index (χ0n) is 8.10. The van der Waals surface area contributed by atoms with Crippen molar-refractivity contribution in [1.82, 2.24) is 4.90 Å². The maximum atomic E-state index is 10.9. The van der Waals surface area contributed by atoms with Crippen molar-refractivity contribution in [2.45, 2.75) is 20.8 Å². The molecule has 6 heteroatoms. The second kappa shape index (κ2) is 6.44. The lowest BCUT2D eigenvalue weighted by Gasteiger charge is -2.24. The third-order valence-electron chi connectivity index (χ3n) is 1.64. The van der Waals surface area contributed by atoms with Crippen molar-refractivity contribution in [2.75, 3.05) is 13.1 Å². The lowest BCUT2D eigenvalue weighted by molar-refractivity contribution is 0.336. The van der Waals surface area contributed by atoms with Gasteiger partial charge in [0.05, 0.1) is 0 Å². The first-order chi connectivity index (χ1) is 5.47. The first-order valence-electron chi connectivity index (χ1n) is 3.94. The van der Waals surface area contributed by atoms with Crippen molar-refractivity contribution in [1.29, 1.82) is 0 Å². The molecule has 0 aromatic heterocycles. The van der Waals surface area contributed by atoms with Gasteiger partial charge in [-0.3, -0.25) is 4.57 Å². The molecule has 0 amide bonds. The third-order valence-corrected chi connectivity index (χ3v) is 2.78. The molecule has 0 aliphatic carbocycles. The molecule has 0 fully saturated rings. The maximum absolute atomic E-state index is 10.9. The highest BCUT2D eigenvalue weighted by molar-refractivity contribution is 7.56. The lowest BCUT2D eigenvalue weighted by Crippen LogP contribution is -2.22. The summed E-state index contributed by atoms with van der Waals surface area (Å²) in [6, 6.07) is 0. The summed E-state index contributed by atoms with van der Waals surface area (Å²) < 4.78 is 10.9. The molecule has 0 saturated carbocycles. The minimum absolute atomic E-state index is 0. The minimum atomic E-state index is -4.08. The Balaban J connectivity index is 0. The molecule has 0 spiro atoms. The van der Waals surface area contributed by atoms with E-state index in [-0.39, 0.29) is 17.8 Å². The van der Waals surface area contributed by atoms with Gasteiger partial charge in [-0.15, -0.1) is 12.4 Å². The van der Waals surface area contributed by atoms with Crippen LogP contribution >= 0.6 is 20.0 Å². The summed E-state index contributed by atoms with van der Waals surface area (Å²) in [6.07, 6.45) is 1.47. The van der Waals surface area contributed by atoms with E-state index in [4.69, 9.17) is 9.79 Å². The average Bonchev–Trinajstić information content (AvgIpc) is 1.97. The first kappa shape index (κ1) is 15.5. The smallest absolute Gasteiger partial charge is 0.366 e. The van der Waals surface area contributed by atoms with Gasteiger partial charge in [-0.1, -0.05) is 6.08 Å². The molecule has 0 radical (unpaired) electrons. The summed E-state index contributed by atoms with van der Waals surface area (Å²) in [5.74, 6) is 0. The lowest BCUT2D eigenvalue weighted by atomic mass is 10.5. The Labute approximate surface area is 85.2 Å². The van der Waals surface area contributed by atoms with Crippen LogP contribution in [0.5, 0.6) is 0 Å². The summed E-state index contributed by atoms with van der Waals surface area (Å²) in [7, 11) is -4.08. The molecule has 0 aromatic carbocycles. The van der Waals surface area contributed by atoms with Gasteiger partial charge in [-0.05, 0) is 20.8 Å². The molecule has 0 bridgehead atoms. The zero-order chi connectivity index (χ0) is 9.78. The third kappa shape index (κ3) is 4.67. The highest BCUT2D eigenvalue weighted by Crippen LogP contribution is 2.46. The fraction of sp³-hybridized carbons (Fsp3) is 0.714. The molecule has 0 aliphatic rings. The molecule has 0 aromatic rings. The Bertz CT molecular complexity index is 210. The molecule has 0 atom stereocenters. The minimum Gasteiger partial charge on any atom is -0.366 e. The highest BCUT2D eigenvalue weighted by atomic mass is 35.5. The van der Waals surface area contributed by atoms with Crippen molar-refractivity contribution in [3.63, 3.8) is 0 Å². The predicted octanol–water partition coefficient (Wildman–Crippen LogP) is 1.79. The molecule has 2 N–H and O–H groups in total. The van der Waals surface area contributed by atoms with E-state index in [1.165, 1.54) is 6.08 Å². The Morgan fingerprint density at radius 3 is 1.85 bits per heavy atom. The van der Waals surface area contributed by atoms with Crippen LogP contribution in [0.15, 0.2) is 11.5 Å². The van der Waals surface area contributed by atoms with Crippen LogP contribution in [0.3, 0.4) is 0 Å². The SMILES string of the molecule is C/C=C(/N(CC)CC)P(=O)(O)O.Cl. The van der Waals surface area contributed by atoms with E-state index in [0.29, 0.717) is 13.1 Å². The van der Waals surface area contributed by atoms with E-state index in [1.807, 2.05) is 13.8 Å². The van der Waals surface area contributed by atoms with Crippen molar-refractivity contribution in [3.8, 4) is 0 Å². The molecular formula is C7H17ClNO3P. The van der Waals surface area contributed by atoms with Gasteiger partial charge in [-0.25, -0.2) is 0 Å². The molecule has 80 valence electrons. The number of allylic oxidation sites excluding steroid dienone is 1. The summed E-state index contributed by atoms with van der Waals surface area (Å²) in [6.45, 7) is 6.58. The largest absolute Gasteiger partial charge is 0.371 e. The number of nitrogens with zero attached hydrogens (tertiary/aromatic N) is 1. The van der Waals surface area contributed by atoms with Crippen molar-refractivity contribution in [2.24, 2.45) is 0 Å². The quantitative estimate of drug-likeness (QED) is 0.722. The van der Waals surface area contributed by atoms with Crippen LogP contribution in [-0.4, -0.2) is 27.8 Å². The van der Waals surface area contributed by atoms with Crippen molar-refractivity contribution < 1.29 is 14.4 Å². The van der Waals surface area contributed by atoms with E-state index in [0.717, 1.165) is 0 Å². The van der Waals surface area contributed by atoms with E-state index in [1.54, 1.807) is 11.8 Å². The highest BCUT2D eigenvalue weighted by Gasteiger charge is 2.23. The van der Waals surface area contributed by atoms with Crippen LogP contribution in [0.4, 0.5) is 0 Å². The Hall–Kier alpha value is -0.0200. The summed E-state index contributed by atoms with van der Waals surface area (Å²) in [5, 5.41) is 0. The average molecular weight is 230 g/mol. The van der Waals surface area contributed by atoms with Crippen LogP contribution in [0, 0.1) is 0 Å². The van der Waals surface area contributed by atoms with Crippen molar-refractivity contribution >= 4 is 20.0 Å². The maximum Gasteiger partial charge on any atom is 0.371 e. The fourth-order valence-electron chi connectivity index (χ4n) is 1.08.